The van der Waals surface area contributed by atoms with Crippen LogP contribution in [0, 0.1) is 0 Å². The minimum Gasteiger partial charge on any atom is -0.328 e. The summed E-state index contributed by atoms with van der Waals surface area (Å²) in [5.74, 6) is 0. The van der Waals surface area contributed by atoms with Gasteiger partial charge in [-0.25, -0.2) is 9.59 Å². The van der Waals surface area contributed by atoms with Crippen molar-refractivity contribution < 1.29 is 9.59 Å². The molecule has 2 aromatic carbocycles. The Hall–Kier alpha value is -3.50. The minimum atomic E-state index is -0.531. The third-order valence-corrected chi connectivity index (χ3v) is 6.96. The van der Waals surface area contributed by atoms with E-state index in [1.165, 1.54) is 22.3 Å². The van der Waals surface area contributed by atoms with Gasteiger partial charge in [0.25, 0.3) is 0 Å². The number of carbonyl (C=O) groups excluding carboxylic acids is 2. The van der Waals surface area contributed by atoms with E-state index in [2.05, 4.69) is 44.5 Å². The van der Waals surface area contributed by atoms with Gasteiger partial charge < -0.3 is 5.73 Å². The van der Waals surface area contributed by atoms with E-state index in [9.17, 15) is 9.59 Å². The van der Waals surface area contributed by atoms with Gasteiger partial charge in [-0.05, 0) is 73.4 Å². The fraction of sp³-hybridized carbons (Fsp3) is 0.407. The second kappa shape index (κ2) is 9.78. The van der Waals surface area contributed by atoms with Crippen LogP contribution in [-0.2, 0) is 27.8 Å². The molecule has 2 aliphatic rings. The van der Waals surface area contributed by atoms with Crippen LogP contribution < -0.4 is 5.73 Å². The maximum Gasteiger partial charge on any atom is 0.235 e. The summed E-state index contributed by atoms with van der Waals surface area (Å²) in [7, 11) is 0. The molecule has 3 atom stereocenters. The first-order chi connectivity index (χ1) is 16.4. The first kappa shape index (κ1) is 23.7. The molecule has 7 nitrogen and oxygen atoms in total. The van der Waals surface area contributed by atoms with Crippen LogP contribution in [0.4, 0.5) is 0 Å². The predicted octanol–water partition coefficient (Wildman–Crippen LogP) is 4.43. The standard InChI is InChI=1S/C27H29N5O2/c1-17(28)14-27(26-10-11-31-32-26)24-8-6-20(18(2)29-15-33)12-22(24)4-5-23-13-21(7-9-25(23)27)19(3)30-16-34/h6-9,11-13,17-19H,4-5,10,14,28H2,1-3H3/t17-,18?,19?,27?/m1/s1. The molecule has 0 spiro atoms. The second-order valence-corrected chi connectivity index (χ2v) is 9.26. The van der Waals surface area contributed by atoms with E-state index in [0.717, 1.165) is 29.7 Å². The molecule has 0 saturated heterocycles. The van der Waals surface area contributed by atoms with Crippen molar-refractivity contribution in [3.05, 3.63) is 69.8 Å². The average molecular weight is 456 g/mol. The molecule has 7 heteroatoms. The van der Waals surface area contributed by atoms with E-state index in [1.807, 2.05) is 39.1 Å². The maximum absolute atomic E-state index is 10.8. The van der Waals surface area contributed by atoms with Crippen molar-refractivity contribution in [2.45, 2.75) is 70.0 Å². The minimum absolute atomic E-state index is 0.0846. The molecule has 0 saturated carbocycles. The molecule has 34 heavy (non-hydrogen) atoms. The zero-order valence-corrected chi connectivity index (χ0v) is 19.8. The first-order valence-electron chi connectivity index (χ1n) is 11.7. The molecule has 0 radical (unpaired) electrons. The third-order valence-electron chi connectivity index (χ3n) is 6.96. The molecule has 1 aliphatic carbocycles. The van der Waals surface area contributed by atoms with Crippen LogP contribution in [0.2, 0.25) is 0 Å². The number of rotatable bonds is 7. The molecule has 0 fully saturated rings. The van der Waals surface area contributed by atoms with Crippen LogP contribution in [0.15, 0.2) is 56.6 Å². The Morgan fingerprint density at radius 1 is 0.941 bits per heavy atom. The van der Waals surface area contributed by atoms with Gasteiger partial charge in [-0.2, -0.15) is 20.2 Å². The lowest BCUT2D eigenvalue weighted by atomic mass is 9.65. The van der Waals surface area contributed by atoms with Crippen LogP contribution in [0.3, 0.4) is 0 Å². The molecule has 0 aromatic heterocycles. The van der Waals surface area contributed by atoms with Crippen LogP contribution in [0.1, 0.15) is 79.1 Å². The molecule has 0 bridgehead atoms. The van der Waals surface area contributed by atoms with Gasteiger partial charge in [0.15, 0.2) is 0 Å². The van der Waals surface area contributed by atoms with E-state index in [-0.39, 0.29) is 18.1 Å². The molecule has 2 N–H and O–H groups in total. The summed E-state index contributed by atoms with van der Waals surface area (Å²) in [6.07, 6.45) is 8.16. The highest BCUT2D eigenvalue weighted by Crippen LogP contribution is 2.46. The zero-order chi connectivity index (χ0) is 24.3. The summed E-state index contributed by atoms with van der Waals surface area (Å²) in [5, 5.41) is 8.80. The molecule has 2 unspecified atom stereocenters. The SMILES string of the molecule is CC(N=C=O)c1ccc2c(c1)CCc1cc(C(C)N=C=O)ccc1C2(C[C@@H](C)N)C1=NN=CC1. The Bertz CT molecular complexity index is 1170. The Labute approximate surface area is 199 Å². The van der Waals surface area contributed by atoms with Gasteiger partial charge in [0.1, 0.15) is 0 Å². The fourth-order valence-electron chi connectivity index (χ4n) is 5.38. The molecule has 174 valence electrons. The molecular formula is C27H29N5O2. The number of benzene rings is 2. The van der Waals surface area contributed by atoms with Gasteiger partial charge in [0.05, 0.1) is 23.2 Å². The Morgan fingerprint density at radius 2 is 1.47 bits per heavy atom. The van der Waals surface area contributed by atoms with E-state index < -0.39 is 5.41 Å². The van der Waals surface area contributed by atoms with Gasteiger partial charge >= 0.3 is 0 Å². The number of isocyanates is 2. The van der Waals surface area contributed by atoms with E-state index in [1.54, 1.807) is 12.2 Å². The monoisotopic (exact) mass is 455 g/mol. The Morgan fingerprint density at radius 3 is 1.88 bits per heavy atom. The smallest absolute Gasteiger partial charge is 0.235 e. The summed E-state index contributed by atoms with van der Waals surface area (Å²) in [5.41, 5.74) is 13.6. The molecule has 0 amide bonds. The highest BCUT2D eigenvalue weighted by Gasteiger charge is 2.45. The lowest BCUT2D eigenvalue weighted by Crippen LogP contribution is -2.42. The van der Waals surface area contributed by atoms with Crippen LogP contribution in [0.5, 0.6) is 0 Å². The number of fused-ring (bicyclic) bond motifs is 2. The van der Waals surface area contributed by atoms with Gasteiger partial charge in [-0.1, -0.05) is 36.4 Å². The lowest BCUT2D eigenvalue weighted by molar-refractivity contribution is 0.535. The zero-order valence-electron chi connectivity index (χ0n) is 19.8. The van der Waals surface area contributed by atoms with Crippen molar-refractivity contribution in [1.29, 1.82) is 0 Å². The number of nitrogens with two attached hydrogens (primary N) is 1. The highest BCUT2D eigenvalue weighted by atomic mass is 16.1. The fourth-order valence-corrected chi connectivity index (χ4v) is 5.38. The van der Waals surface area contributed by atoms with Crippen LogP contribution in [0.25, 0.3) is 0 Å². The van der Waals surface area contributed by atoms with Crippen molar-refractivity contribution in [2.75, 3.05) is 0 Å². The normalized spacial score (nSPS) is 21.1. The van der Waals surface area contributed by atoms with Crippen molar-refractivity contribution in [3.8, 4) is 0 Å². The maximum atomic E-state index is 10.8. The van der Waals surface area contributed by atoms with E-state index in [4.69, 9.17) is 5.73 Å². The quantitative estimate of drug-likeness (QED) is 0.492. The van der Waals surface area contributed by atoms with Crippen molar-refractivity contribution in [1.82, 2.24) is 0 Å². The van der Waals surface area contributed by atoms with E-state index in [0.29, 0.717) is 12.8 Å². The Balaban J connectivity index is 1.98. The topological polar surface area (TPSA) is 110 Å². The lowest BCUT2D eigenvalue weighted by Gasteiger charge is -2.38. The van der Waals surface area contributed by atoms with Crippen LogP contribution >= 0.6 is 0 Å². The van der Waals surface area contributed by atoms with Gasteiger partial charge in [-0.15, -0.1) is 0 Å². The van der Waals surface area contributed by atoms with Gasteiger partial charge in [-0.3, -0.25) is 0 Å². The number of aliphatic imine (C=N–C) groups is 2. The second-order valence-electron chi connectivity index (χ2n) is 9.26. The molecule has 2 aromatic rings. The number of aryl methyl sites for hydroxylation is 2. The molecular weight excluding hydrogens is 426 g/mol. The van der Waals surface area contributed by atoms with Crippen molar-refractivity contribution in [3.63, 3.8) is 0 Å². The van der Waals surface area contributed by atoms with Gasteiger partial charge in [0, 0.05) is 18.7 Å². The largest absolute Gasteiger partial charge is 0.328 e. The summed E-state index contributed by atoms with van der Waals surface area (Å²) in [6.45, 7) is 5.81. The molecule has 1 heterocycles. The van der Waals surface area contributed by atoms with Crippen LogP contribution in [-0.4, -0.2) is 30.1 Å². The molecule has 4 rings (SSSR count). The van der Waals surface area contributed by atoms with E-state index >= 15 is 0 Å². The van der Waals surface area contributed by atoms with Crippen molar-refractivity contribution in [2.24, 2.45) is 25.9 Å². The first-order valence-corrected chi connectivity index (χ1v) is 11.7. The summed E-state index contributed by atoms with van der Waals surface area (Å²) < 4.78 is 0. The molecule has 1 aliphatic heterocycles. The van der Waals surface area contributed by atoms with Gasteiger partial charge in [0.2, 0.25) is 12.2 Å². The number of hydrogen-bond donors (Lipinski definition) is 1. The summed E-state index contributed by atoms with van der Waals surface area (Å²) >= 11 is 0. The Kier molecular flexibility index (Phi) is 6.80. The van der Waals surface area contributed by atoms with Crippen molar-refractivity contribution >= 4 is 24.1 Å². The number of nitrogens with zero attached hydrogens (tertiary/aromatic N) is 4. The summed E-state index contributed by atoms with van der Waals surface area (Å²) in [4.78, 5) is 29.5. The third kappa shape index (κ3) is 4.22. The number of hydrogen-bond acceptors (Lipinski definition) is 7. The average Bonchev–Trinajstić information content (AvgIpc) is 3.33. The highest BCUT2D eigenvalue weighted by molar-refractivity contribution is 6.07. The summed E-state index contributed by atoms with van der Waals surface area (Å²) in [6, 6.07) is 12.1. The predicted molar refractivity (Wildman–Crippen MR) is 133 cm³/mol.